The second-order valence-corrected chi connectivity index (χ2v) is 3.67. The van der Waals surface area contributed by atoms with Crippen molar-refractivity contribution < 1.29 is 4.42 Å². The average Bonchev–Trinajstić information content (AvgIpc) is 2.67. The van der Waals surface area contributed by atoms with Gasteiger partial charge in [-0.1, -0.05) is 6.08 Å². The zero-order valence-electron chi connectivity index (χ0n) is 8.99. The molecule has 0 aromatic carbocycles. The molecule has 78 valence electrons. The lowest BCUT2D eigenvalue weighted by atomic mass is 10.1. The summed E-state index contributed by atoms with van der Waals surface area (Å²) in [6, 6.07) is 4.69. The normalized spacial score (nSPS) is 15.0. The Kier molecular flexibility index (Phi) is 4.47. The quantitative estimate of drug-likeness (QED) is 0.701. The van der Waals surface area contributed by atoms with E-state index in [9.17, 15) is 0 Å². The van der Waals surface area contributed by atoms with Crippen molar-refractivity contribution in [2.24, 2.45) is 0 Å². The van der Waals surface area contributed by atoms with Gasteiger partial charge in [-0.25, -0.2) is 0 Å². The minimum atomic E-state index is 0.282. The Hall–Kier alpha value is -1.02. The Morgan fingerprint density at radius 1 is 1.57 bits per heavy atom. The van der Waals surface area contributed by atoms with Crippen LogP contribution in [0.2, 0.25) is 0 Å². The van der Waals surface area contributed by atoms with Crippen LogP contribution in [-0.2, 0) is 0 Å². The molecule has 2 atom stereocenters. The van der Waals surface area contributed by atoms with Crippen LogP contribution in [0.1, 0.15) is 38.5 Å². The fourth-order valence-corrected chi connectivity index (χ4v) is 1.50. The average molecular weight is 193 g/mol. The fraction of sp³-hybridized carbons (Fsp3) is 0.500. The van der Waals surface area contributed by atoms with Crippen LogP contribution in [0.5, 0.6) is 0 Å². The molecule has 0 saturated carbocycles. The maximum absolute atomic E-state index is 5.32. The van der Waals surface area contributed by atoms with Crippen LogP contribution in [-0.4, -0.2) is 6.04 Å². The highest BCUT2D eigenvalue weighted by Crippen LogP contribution is 2.13. The van der Waals surface area contributed by atoms with Crippen LogP contribution in [0, 0.1) is 0 Å². The predicted octanol–water partition coefficient (Wildman–Crippen LogP) is 3.28. The molecular weight excluding hydrogens is 174 g/mol. The molecule has 2 nitrogen and oxygen atoms in total. The highest BCUT2D eigenvalue weighted by molar-refractivity contribution is 5.03. The third-order valence-electron chi connectivity index (χ3n) is 2.31. The van der Waals surface area contributed by atoms with Crippen molar-refractivity contribution in [3.63, 3.8) is 0 Å². The summed E-state index contributed by atoms with van der Waals surface area (Å²) in [4.78, 5) is 0. The van der Waals surface area contributed by atoms with Crippen LogP contribution in [0.25, 0.3) is 0 Å². The third kappa shape index (κ3) is 3.38. The largest absolute Gasteiger partial charge is 0.468 e. The first kappa shape index (κ1) is 11.1. The molecule has 0 amide bonds. The van der Waals surface area contributed by atoms with E-state index in [1.54, 1.807) is 6.26 Å². The molecule has 2 heteroatoms. The Morgan fingerprint density at radius 3 is 2.93 bits per heavy atom. The first-order chi connectivity index (χ1) is 6.74. The van der Waals surface area contributed by atoms with Gasteiger partial charge in [-0.15, -0.1) is 6.58 Å². The topological polar surface area (TPSA) is 25.2 Å². The Bertz CT molecular complexity index is 253. The summed E-state index contributed by atoms with van der Waals surface area (Å²) >= 11 is 0. The van der Waals surface area contributed by atoms with E-state index in [0.717, 1.165) is 18.6 Å². The number of hydrogen-bond acceptors (Lipinski definition) is 2. The van der Waals surface area contributed by atoms with E-state index in [2.05, 4.69) is 25.7 Å². The van der Waals surface area contributed by atoms with Crippen molar-refractivity contribution in [1.29, 1.82) is 0 Å². The van der Waals surface area contributed by atoms with Gasteiger partial charge in [-0.05, 0) is 38.8 Å². The number of allylic oxidation sites excluding steroid dienone is 1. The van der Waals surface area contributed by atoms with Gasteiger partial charge in [0.05, 0.1) is 12.3 Å². The fourth-order valence-electron chi connectivity index (χ4n) is 1.50. The molecule has 1 aromatic heterocycles. The van der Waals surface area contributed by atoms with Crippen molar-refractivity contribution >= 4 is 0 Å². The van der Waals surface area contributed by atoms with E-state index in [1.165, 1.54) is 0 Å². The zero-order valence-corrected chi connectivity index (χ0v) is 8.99. The Balaban J connectivity index is 2.33. The molecule has 0 radical (unpaired) electrons. The lowest BCUT2D eigenvalue weighted by molar-refractivity contribution is 0.389. The molecule has 14 heavy (non-hydrogen) atoms. The van der Waals surface area contributed by atoms with E-state index in [4.69, 9.17) is 4.42 Å². The lowest BCUT2D eigenvalue weighted by Gasteiger charge is -2.17. The monoisotopic (exact) mass is 193 g/mol. The summed E-state index contributed by atoms with van der Waals surface area (Å²) in [6.45, 7) is 8.01. The molecule has 0 aliphatic carbocycles. The van der Waals surface area contributed by atoms with Gasteiger partial charge >= 0.3 is 0 Å². The molecule has 1 heterocycles. The van der Waals surface area contributed by atoms with Gasteiger partial charge in [0.1, 0.15) is 5.76 Å². The standard InChI is InChI=1S/C12H19NO/c1-4-5-7-10(2)13-11(3)12-8-6-9-14-12/h4,6,8-11,13H,1,5,7H2,2-3H3/t10?,11-/m1/s1. The van der Waals surface area contributed by atoms with Crippen molar-refractivity contribution in [2.45, 2.75) is 38.8 Å². The summed E-state index contributed by atoms with van der Waals surface area (Å²) < 4.78 is 5.32. The number of furan rings is 1. The molecule has 0 spiro atoms. The highest BCUT2D eigenvalue weighted by Gasteiger charge is 2.10. The first-order valence-electron chi connectivity index (χ1n) is 5.14. The van der Waals surface area contributed by atoms with E-state index >= 15 is 0 Å². The molecule has 0 saturated heterocycles. The molecule has 0 aliphatic rings. The van der Waals surface area contributed by atoms with Crippen LogP contribution in [0.15, 0.2) is 35.5 Å². The maximum Gasteiger partial charge on any atom is 0.120 e. The van der Waals surface area contributed by atoms with E-state index in [0.29, 0.717) is 6.04 Å². The molecule has 1 N–H and O–H groups in total. The predicted molar refractivity (Wildman–Crippen MR) is 59.2 cm³/mol. The second-order valence-electron chi connectivity index (χ2n) is 3.67. The Morgan fingerprint density at radius 2 is 2.36 bits per heavy atom. The molecule has 0 aliphatic heterocycles. The van der Waals surface area contributed by atoms with E-state index < -0.39 is 0 Å². The maximum atomic E-state index is 5.32. The first-order valence-corrected chi connectivity index (χ1v) is 5.14. The van der Waals surface area contributed by atoms with Crippen molar-refractivity contribution in [3.05, 3.63) is 36.8 Å². The van der Waals surface area contributed by atoms with Crippen molar-refractivity contribution in [1.82, 2.24) is 5.32 Å². The number of rotatable bonds is 6. The third-order valence-corrected chi connectivity index (χ3v) is 2.31. The molecule has 0 fully saturated rings. The van der Waals surface area contributed by atoms with Gasteiger partial charge in [0.15, 0.2) is 0 Å². The summed E-state index contributed by atoms with van der Waals surface area (Å²) in [7, 11) is 0. The second kappa shape index (κ2) is 5.66. The summed E-state index contributed by atoms with van der Waals surface area (Å²) in [5, 5.41) is 3.48. The highest BCUT2D eigenvalue weighted by atomic mass is 16.3. The minimum absolute atomic E-state index is 0.282. The van der Waals surface area contributed by atoms with E-state index in [-0.39, 0.29) is 6.04 Å². The van der Waals surface area contributed by atoms with Crippen LogP contribution in [0.4, 0.5) is 0 Å². The summed E-state index contributed by atoms with van der Waals surface area (Å²) in [5.74, 6) is 0.996. The molecule has 1 rings (SSSR count). The molecule has 1 unspecified atom stereocenters. The SMILES string of the molecule is C=CCCC(C)N[C@H](C)c1ccco1. The van der Waals surface area contributed by atoms with Gasteiger partial charge < -0.3 is 9.73 Å². The number of nitrogens with one attached hydrogen (secondary N) is 1. The van der Waals surface area contributed by atoms with Crippen molar-refractivity contribution in [2.75, 3.05) is 0 Å². The zero-order chi connectivity index (χ0) is 10.4. The summed E-state index contributed by atoms with van der Waals surface area (Å²) in [5.41, 5.74) is 0. The minimum Gasteiger partial charge on any atom is -0.468 e. The number of hydrogen-bond donors (Lipinski definition) is 1. The van der Waals surface area contributed by atoms with Gasteiger partial charge in [0, 0.05) is 6.04 Å². The smallest absolute Gasteiger partial charge is 0.120 e. The molecular formula is C12H19NO. The van der Waals surface area contributed by atoms with Gasteiger partial charge in [-0.2, -0.15) is 0 Å². The van der Waals surface area contributed by atoms with Crippen LogP contribution in [0.3, 0.4) is 0 Å². The van der Waals surface area contributed by atoms with Crippen LogP contribution < -0.4 is 5.32 Å². The molecule has 0 bridgehead atoms. The Labute approximate surface area is 86.0 Å². The van der Waals surface area contributed by atoms with Crippen LogP contribution >= 0.6 is 0 Å². The van der Waals surface area contributed by atoms with Gasteiger partial charge in [-0.3, -0.25) is 0 Å². The van der Waals surface area contributed by atoms with Gasteiger partial charge in [0.25, 0.3) is 0 Å². The summed E-state index contributed by atoms with van der Waals surface area (Å²) in [6.07, 6.45) is 5.84. The van der Waals surface area contributed by atoms with E-state index in [1.807, 2.05) is 18.2 Å². The van der Waals surface area contributed by atoms with Gasteiger partial charge in [0.2, 0.25) is 0 Å². The molecule has 1 aromatic rings. The van der Waals surface area contributed by atoms with Crippen molar-refractivity contribution in [3.8, 4) is 0 Å². The lowest BCUT2D eigenvalue weighted by Crippen LogP contribution is -2.28.